The number of nitrogens with two attached hydrogens (primary N) is 2. The molecule has 0 aromatic rings. The molecule has 0 aliphatic rings. The summed E-state index contributed by atoms with van der Waals surface area (Å²) in [6.45, 7) is -0.567. The summed E-state index contributed by atoms with van der Waals surface area (Å²) in [6.07, 6.45) is 1.23. The summed E-state index contributed by atoms with van der Waals surface area (Å²) < 4.78 is 0. The molecule has 0 saturated heterocycles. The molecule has 13 nitrogen and oxygen atoms in total. The van der Waals surface area contributed by atoms with Crippen molar-refractivity contribution < 1.29 is 44.1 Å². The zero-order valence-corrected chi connectivity index (χ0v) is 15.4. The van der Waals surface area contributed by atoms with Crippen LogP contribution in [0.5, 0.6) is 0 Å². The average Bonchev–Trinajstić information content (AvgIpc) is 2.60. The second kappa shape index (κ2) is 15.0. The monoisotopic (exact) mass is 422 g/mol. The van der Waals surface area contributed by atoms with Gasteiger partial charge in [0.1, 0.15) is 18.6 Å². The third-order valence-corrected chi connectivity index (χ3v) is 3.00. The Kier molecular flexibility index (Phi) is 14.5. The van der Waals surface area contributed by atoms with E-state index < -0.39 is 54.3 Å². The van der Waals surface area contributed by atoms with Crippen LogP contribution < -0.4 is 22.1 Å². The normalized spacial score (nSPS) is 12.1. The minimum atomic E-state index is -1.22. The summed E-state index contributed by atoms with van der Waals surface area (Å²) >= 11 is 3.87. The standard InChI is InChI=1S/C10H17N3O6S.C4H5NO3/c11-5(10(18)19)1-2-7(14)13-6(4-20)9(17)12-3-8(15)16;5-3(6)1-2-4(7)8/h5-6,20H,1-4,11H2,(H,12,17)(H,13,14)(H,15,16)(H,18,19);1-2H,(H2,5,6)(H,7,8)/b;2-1-/t5-,6-;/m0./s1. The highest BCUT2D eigenvalue weighted by molar-refractivity contribution is 7.80. The number of carbonyl (C=O) groups is 6. The molecular weight excluding hydrogens is 400 g/mol. The van der Waals surface area contributed by atoms with Crippen molar-refractivity contribution in [3.63, 3.8) is 0 Å². The van der Waals surface area contributed by atoms with E-state index in [4.69, 9.17) is 21.1 Å². The highest BCUT2D eigenvalue weighted by atomic mass is 32.1. The van der Waals surface area contributed by atoms with Gasteiger partial charge in [-0.25, -0.2) is 4.79 Å². The molecule has 28 heavy (non-hydrogen) atoms. The fourth-order valence-corrected chi connectivity index (χ4v) is 1.57. The minimum Gasteiger partial charge on any atom is -0.480 e. The van der Waals surface area contributed by atoms with Crippen molar-refractivity contribution >= 4 is 48.3 Å². The quantitative estimate of drug-likeness (QED) is 0.123. The first-order valence-electron chi connectivity index (χ1n) is 7.49. The van der Waals surface area contributed by atoms with Crippen LogP contribution in [0, 0.1) is 0 Å². The fourth-order valence-electron chi connectivity index (χ4n) is 1.31. The van der Waals surface area contributed by atoms with Crippen LogP contribution in [-0.4, -0.2) is 75.3 Å². The van der Waals surface area contributed by atoms with Crippen molar-refractivity contribution in [1.29, 1.82) is 0 Å². The van der Waals surface area contributed by atoms with Crippen LogP contribution >= 0.6 is 12.6 Å². The van der Waals surface area contributed by atoms with E-state index in [9.17, 15) is 28.8 Å². The number of aliphatic carboxylic acids is 3. The van der Waals surface area contributed by atoms with E-state index in [2.05, 4.69) is 29.0 Å². The molecule has 0 aliphatic heterocycles. The SMILES string of the molecule is NC(=O)/C=C\C(=O)O.N[C@@H](CCC(=O)N[C@@H](CS)C(=O)NCC(=O)O)C(=O)O. The Morgan fingerprint density at radius 2 is 1.61 bits per heavy atom. The van der Waals surface area contributed by atoms with Crippen LogP contribution in [0.4, 0.5) is 0 Å². The molecule has 0 bridgehead atoms. The molecule has 2 atom stereocenters. The summed E-state index contributed by atoms with van der Waals surface area (Å²) in [4.78, 5) is 63.1. The molecule has 0 spiro atoms. The van der Waals surface area contributed by atoms with E-state index in [-0.39, 0.29) is 18.6 Å². The maximum Gasteiger partial charge on any atom is 0.328 e. The Morgan fingerprint density at radius 3 is 1.96 bits per heavy atom. The van der Waals surface area contributed by atoms with Crippen LogP contribution in [0.1, 0.15) is 12.8 Å². The Morgan fingerprint density at radius 1 is 1.04 bits per heavy atom. The van der Waals surface area contributed by atoms with Gasteiger partial charge in [-0.05, 0) is 6.42 Å². The number of thiol groups is 1. The minimum absolute atomic E-state index is 0.0256. The molecular formula is C14H22N4O9S. The van der Waals surface area contributed by atoms with Crippen molar-refractivity contribution in [2.45, 2.75) is 24.9 Å². The molecule has 0 heterocycles. The lowest BCUT2D eigenvalue weighted by Gasteiger charge is -2.16. The van der Waals surface area contributed by atoms with E-state index in [1.807, 2.05) is 0 Å². The zero-order valence-electron chi connectivity index (χ0n) is 14.5. The Hall–Kier alpha value is -3.13. The summed E-state index contributed by atoms with van der Waals surface area (Å²) in [6, 6.07) is -2.15. The maximum atomic E-state index is 11.5. The number of hydrogen-bond acceptors (Lipinski definition) is 8. The first-order valence-corrected chi connectivity index (χ1v) is 8.12. The van der Waals surface area contributed by atoms with Gasteiger partial charge in [0.05, 0.1) is 0 Å². The lowest BCUT2D eigenvalue weighted by molar-refractivity contribution is -0.139. The number of amides is 3. The van der Waals surface area contributed by atoms with Crippen LogP contribution in [-0.2, 0) is 28.8 Å². The largest absolute Gasteiger partial charge is 0.480 e. The first kappa shape index (κ1) is 27.1. The van der Waals surface area contributed by atoms with E-state index >= 15 is 0 Å². The van der Waals surface area contributed by atoms with Gasteiger partial charge in [-0.2, -0.15) is 12.6 Å². The van der Waals surface area contributed by atoms with Gasteiger partial charge in [0.2, 0.25) is 17.7 Å². The highest BCUT2D eigenvalue weighted by Crippen LogP contribution is 1.97. The Bertz CT molecular complexity index is 608. The second-order valence-electron chi connectivity index (χ2n) is 4.97. The molecule has 0 unspecified atom stereocenters. The van der Waals surface area contributed by atoms with Crippen LogP contribution in [0.25, 0.3) is 0 Å². The summed E-state index contributed by atoms with van der Waals surface area (Å²) in [7, 11) is 0. The molecule has 158 valence electrons. The van der Waals surface area contributed by atoms with Crippen LogP contribution in [0.2, 0.25) is 0 Å². The molecule has 0 aliphatic carbocycles. The average molecular weight is 422 g/mol. The number of nitrogens with one attached hydrogen (secondary N) is 2. The molecule has 0 rings (SSSR count). The van der Waals surface area contributed by atoms with Crippen molar-refractivity contribution in [2.75, 3.05) is 12.3 Å². The van der Waals surface area contributed by atoms with Gasteiger partial charge in [-0.15, -0.1) is 0 Å². The molecule has 0 aromatic carbocycles. The van der Waals surface area contributed by atoms with Gasteiger partial charge < -0.3 is 37.4 Å². The fraction of sp³-hybridized carbons (Fsp3) is 0.429. The van der Waals surface area contributed by atoms with Gasteiger partial charge in [0.25, 0.3) is 0 Å². The first-order chi connectivity index (χ1) is 12.9. The summed E-state index contributed by atoms with van der Waals surface area (Å²) in [5.74, 6) is -5.64. The number of carboxylic acid groups (broad SMARTS) is 3. The lowest BCUT2D eigenvalue weighted by Crippen LogP contribution is -2.49. The summed E-state index contributed by atoms with van der Waals surface area (Å²) in [5, 5.41) is 29.2. The zero-order chi connectivity index (χ0) is 22.3. The van der Waals surface area contributed by atoms with Crippen LogP contribution in [0.15, 0.2) is 12.2 Å². The van der Waals surface area contributed by atoms with Gasteiger partial charge >= 0.3 is 17.9 Å². The van der Waals surface area contributed by atoms with Crippen molar-refractivity contribution in [2.24, 2.45) is 11.5 Å². The van der Waals surface area contributed by atoms with Crippen molar-refractivity contribution in [3.8, 4) is 0 Å². The number of rotatable bonds is 11. The second-order valence-corrected chi connectivity index (χ2v) is 5.34. The van der Waals surface area contributed by atoms with E-state index in [0.717, 1.165) is 6.08 Å². The van der Waals surface area contributed by atoms with Gasteiger partial charge in [0.15, 0.2) is 0 Å². The predicted octanol–water partition coefficient (Wildman–Crippen LogP) is -3.09. The van der Waals surface area contributed by atoms with Crippen molar-refractivity contribution in [1.82, 2.24) is 10.6 Å². The topological polar surface area (TPSA) is 239 Å². The number of hydrogen-bond donors (Lipinski definition) is 8. The highest BCUT2D eigenvalue weighted by Gasteiger charge is 2.20. The molecule has 9 N–H and O–H groups in total. The summed E-state index contributed by atoms with van der Waals surface area (Å²) in [5.41, 5.74) is 9.78. The molecule has 0 fully saturated rings. The number of carboxylic acids is 3. The smallest absolute Gasteiger partial charge is 0.328 e. The Labute approximate surface area is 164 Å². The third kappa shape index (κ3) is 16.3. The van der Waals surface area contributed by atoms with E-state index in [1.54, 1.807) is 0 Å². The van der Waals surface area contributed by atoms with E-state index in [0.29, 0.717) is 6.08 Å². The molecule has 0 radical (unpaired) electrons. The van der Waals surface area contributed by atoms with E-state index in [1.165, 1.54) is 0 Å². The lowest BCUT2D eigenvalue weighted by atomic mass is 10.1. The number of carbonyl (C=O) groups excluding carboxylic acids is 3. The number of primary amides is 1. The van der Waals surface area contributed by atoms with Crippen LogP contribution in [0.3, 0.4) is 0 Å². The van der Waals surface area contributed by atoms with Crippen molar-refractivity contribution in [3.05, 3.63) is 12.2 Å². The van der Waals surface area contributed by atoms with Gasteiger partial charge in [-0.3, -0.25) is 24.0 Å². The molecule has 14 heteroatoms. The third-order valence-electron chi connectivity index (χ3n) is 2.64. The molecule has 0 saturated carbocycles. The van der Waals surface area contributed by atoms with Gasteiger partial charge in [0, 0.05) is 24.3 Å². The molecule has 3 amide bonds. The van der Waals surface area contributed by atoms with Gasteiger partial charge in [-0.1, -0.05) is 0 Å². The predicted molar refractivity (Wildman–Crippen MR) is 97.2 cm³/mol. The molecule has 0 aromatic heterocycles. The Balaban J connectivity index is 0. The maximum absolute atomic E-state index is 11.5.